The van der Waals surface area contributed by atoms with Gasteiger partial charge in [0.2, 0.25) is 0 Å². The van der Waals surface area contributed by atoms with Gasteiger partial charge in [-0.25, -0.2) is 9.37 Å². The maximum atomic E-state index is 12.3. The van der Waals surface area contributed by atoms with Gasteiger partial charge in [-0.2, -0.15) is 0 Å². The van der Waals surface area contributed by atoms with E-state index in [1.54, 1.807) is 0 Å². The topological polar surface area (TPSA) is 30.0 Å². The molecule has 1 heterocycles. The summed E-state index contributed by atoms with van der Waals surface area (Å²) in [6.07, 6.45) is 2.70. The summed E-state index contributed by atoms with van der Waals surface area (Å²) >= 11 is 0. The normalized spacial score (nSPS) is 9.00. The molecular weight excluding hydrogens is 121 g/mol. The Labute approximate surface area is 51.3 Å². The van der Waals surface area contributed by atoms with Gasteiger partial charge in [-0.3, -0.25) is 4.79 Å². The van der Waals surface area contributed by atoms with Gasteiger partial charge in [0.15, 0.2) is 11.5 Å². The van der Waals surface area contributed by atoms with E-state index in [9.17, 15) is 9.18 Å². The van der Waals surface area contributed by atoms with Crippen LogP contribution in [-0.2, 0) is 4.79 Å². The number of halogens is 1. The van der Waals surface area contributed by atoms with Crippen LogP contribution in [0.3, 0.4) is 0 Å². The molecule has 0 amide bonds. The summed E-state index contributed by atoms with van der Waals surface area (Å²) in [6, 6.07) is 2.57. The molecule has 1 aromatic heterocycles. The molecule has 2 nitrogen and oxygen atoms in total. The van der Waals surface area contributed by atoms with E-state index in [-0.39, 0.29) is 5.69 Å². The van der Waals surface area contributed by atoms with E-state index in [2.05, 4.69) is 4.98 Å². The van der Waals surface area contributed by atoms with E-state index in [1.165, 1.54) is 18.5 Å². The Bertz CT molecular complexity index is 224. The van der Waals surface area contributed by atoms with Crippen molar-refractivity contribution in [3.8, 4) is 0 Å². The van der Waals surface area contributed by atoms with E-state index in [0.29, 0.717) is 0 Å². The van der Waals surface area contributed by atoms with Crippen LogP contribution in [0.5, 0.6) is 0 Å². The molecule has 0 aliphatic carbocycles. The highest BCUT2D eigenvalue weighted by Crippen LogP contribution is 1.97. The van der Waals surface area contributed by atoms with Crippen molar-refractivity contribution in [2.75, 3.05) is 0 Å². The highest BCUT2D eigenvalue weighted by molar-refractivity contribution is 5.72. The minimum Gasteiger partial charge on any atom is -0.283 e. The maximum Gasteiger partial charge on any atom is 0.256 e. The lowest BCUT2D eigenvalue weighted by Crippen LogP contribution is -1.89. The van der Waals surface area contributed by atoms with Crippen LogP contribution in [0.15, 0.2) is 18.3 Å². The summed E-state index contributed by atoms with van der Waals surface area (Å²) in [5.41, 5.74) is -0.266. The molecule has 45 valence electrons. The molecule has 0 aromatic carbocycles. The summed E-state index contributed by atoms with van der Waals surface area (Å²) in [7, 11) is 0. The van der Waals surface area contributed by atoms with Crippen molar-refractivity contribution < 1.29 is 9.18 Å². The number of rotatable bonds is 1. The first kappa shape index (κ1) is 5.88. The average Bonchev–Trinajstić information content (AvgIpc) is 1.89. The first-order valence-corrected chi connectivity index (χ1v) is 2.33. The predicted molar refractivity (Wildman–Crippen MR) is 29.0 cm³/mol. The van der Waals surface area contributed by atoms with Crippen molar-refractivity contribution in [2.24, 2.45) is 0 Å². The minimum absolute atomic E-state index is 0.266. The standard InChI is InChI=1S/C6H3FNO/c7-5-2-1-3-8-6(5)4-9/h1-3H. The van der Waals surface area contributed by atoms with Crippen LogP contribution in [-0.4, -0.2) is 11.3 Å². The van der Waals surface area contributed by atoms with Gasteiger partial charge in [-0.15, -0.1) is 0 Å². The smallest absolute Gasteiger partial charge is 0.256 e. The first-order valence-electron chi connectivity index (χ1n) is 2.33. The van der Waals surface area contributed by atoms with Crippen LogP contribution in [0.2, 0.25) is 0 Å². The van der Waals surface area contributed by atoms with Crippen molar-refractivity contribution in [2.45, 2.75) is 0 Å². The fraction of sp³-hybridized carbons (Fsp3) is 0. The third-order valence-electron chi connectivity index (χ3n) is 0.855. The van der Waals surface area contributed by atoms with Crippen LogP contribution in [0.4, 0.5) is 4.39 Å². The molecule has 1 aromatic rings. The molecule has 0 saturated carbocycles. The zero-order chi connectivity index (χ0) is 6.69. The molecule has 0 spiro atoms. The number of hydrogen-bond donors (Lipinski definition) is 0. The Balaban J connectivity index is 3.15. The van der Waals surface area contributed by atoms with Gasteiger partial charge in [0.05, 0.1) is 0 Å². The molecule has 0 saturated heterocycles. The summed E-state index contributed by atoms with van der Waals surface area (Å²) in [5, 5.41) is 0. The van der Waals surface area contributed by atoms with Crippen molar-refractivity contribution in [1.29, 1.82) is 0 Å². The lowest BCUT2D eigenvalue weighted by molar-refractivity contribution is 0.553. The van der Waals surface area contributed by atoms with Gasteiger partial charge in [0.1, 0.15) is 0 Å². The minimum atomic E-state index is -0.632. The molecule has 0 atom stereocenters. The van der Waals surface area contributed by atoms with E-state index >= 15 is 0 Å². The van der Waals surface area contributed by atoms with E-state index in [0.717, 1.165) is 6.07 Å². The second-order valence-electron chi connectivity index (χ2n) is 1.44. The Kier molecular flexibility index (Phi) is 1.53. The Morgan fingerprint density at radius 2 is 2.44 bits per heavy atom. The molecule has 0 aliphatic rings. The summed E-state index contributed by atoms with van der Waals surface area (Å²) in [4.78, 5) is 13.2. The van der Waals surface area contributed by atoms with E-state index in [1.807, 2.05) is 0 Å². The van der Waals surface area contributed by atoms with E-state index in [4.69, 9.17) is 0 Å². The number of carbonyl (C=O) groups excluding carboxylic acids is 1. The zero-order valence-corrected chi connectivity index (χ0v) is 4.47. The molecule has 0 fully saturated rings. The Hall–Kier alpha value is -1.25. The van der Waals surface area contributed by atoms with E-state index < -0.39 is 5.82 Å². The third kappa shape index (κ3) is 1.10. The second kappa shape index (κ2) is 2.35. The van der Waals surface area contributed by atoms with Crippen molar-refractivity contribution in [1.82, 2.24) is 4.98 Å². The lowest BCUT2D eigenvalue weighted by atomic mass is 10.4. The van der Waals surface area contributed by atoms with Crippen molar-refractivity contribution >= 4 is 6.29 Å². The molecular formula is C6H3FNO. The van der Waals surface area contributed by atoms with Gasteiger partial charge in [-0.1, -0.05) is 0 Å². The highest BCUT2D eigenvalue weighted by atomic mass is 19.1. The molecule has 9 heavy (non-hydrogen) atoms. The molecule has 0 unspecified atom stereocenters. The van der Waals surface area contributed by atoms with Crippen LogP contribution in [0.25, 0.3) is 0 Å². The number of pyridine rings is 1. The predicted octanol–water partition coefficient (Wildman–Crippen LogP) is 0.679. The molecule has 1 radical (unpaired) electrons. The molecule has 0 bridgehead atoms. The average molecular weight is 124 g/mol. The van der Waals surface area contributed by atoms with Crippen LogP contribution >= 0.6 is 0 Å². The number of hydrogen-bond acceptors (Lipinski definition) is 2. The number of nitrogens with zero attached hydrogens (tertiary/aromatic N) is 1. The molecule has 0 N–H and O–H groups in total. The van der Waals surface area contributed by atoms with Gasteiger partial charge < -0.3 is 0 Å². The van der Waals surface area contributed by atoms with Crippen molar-refractivity contribution in [3.63, 3.8) is 0 Å². The maximum absolute atomic E-state index is 12.3. The van der Waals surface area contributed by atoms with Gasteiger partial charge in [-0.05, 0) is 12.1 Å². The van der Waals surface area contributed by atoms with Crippen LogP contribution < -0.4 is 0 Å². The molecule has 3 heteroatoms. The second-order valence-corrected chi connectivity index (χ2v) is 1.44. The van der Waals surface area contributed by atoms with Gasteiger partial charge in [0.25, 0.3) is 6.29 Å². The van der Waals surface area contributed by atoms with Gasteiger partial charge in [0, 0.05) is 6.20 Å². The number of aromatic nitrogens is 1. The summed E-state index contributed by atoms with van der Waals surface area (Å²) < 4.78 is 12.3. The fourth-order valence-electron chi connectivity index (χ4n) is 0.461. The lowest BCUT2D eigenvalue weighted by Gasteiger charge is -1.86. The first-order chi connectivity index (χ1) is 4.34. The zero-order valence-electron chi connectivity index (χ0n) is 4.47. The largest absolute Gasteiger partial charge is 0.283 e. The Morgan fingerprint density at radius 1 is 1.67 bits per heavy atom. The van der Waals surface area contributed by atoms with Gasteiger partial charge >= 0.3 is 0 Å². The summed E-state index contributed by atoms with van der Waals surface area (Å²) in [6.45, 7) is 0. The van der Waals surface area contributed by atoms with Crippen LogP contribution in [0.1, 0.15) is 5.69 Å². The third-order valence-corrected chi connectivity index (χ3v) is 0.855. The quantitative estimate of drug-likeness (QED) is 0.551. The van der Waals surface area contributed by atoms with Crippen molar-refractivity contribution in [3.05, 3.63) is 29.8 Å². The summed E-state index contributed by atoms with van der Waals surface area (Å²) in [5.74, 6) is -0.632. The Morgan fingerprint density at radius 3 is 2.89 bits per heavy atom. The SMILES string of the molecule is O=[C]c1ncccc1F. The fourth-order valence-corrected chi connectivity index (χ4v) is 0.461. The molecule has 0 aliphatic heterocycles. The van der Waals surface area contributed by atoms with Crippen LogP contribution in [0, 0.1) is 5.82 Å². The molecule has 1 rings (SSSR count). The highest BCUT2D eigenvalue weighted by Gasteiger charge is 1.98. The monoisotopic (exact) mass is 124 g/mol.